The smallest absolute Gasteiger partial charge is 0.144 e. The predicted molar refractivity (Wildman–Crippen MR) is 59.9 cm³/mol. The molecular weight excluding hydrogens is 212 g/mol. The molecule has 2 heterocycles. The molecular formula is C10H15ClN4. The Morgan fingerprint density at radius 1 is 1.53 bits per heavy atom. The highest BCUT2D eigenvalue weighted by molar-refractivity contribution is 6.29. The van der Waals surface area contributed by atoms with Gasteiger partial charge in [-0.05, 0) is 20.0 Å². The molecule has 1 saturated heterocycles. The SMILES string of the molecule is Cc1cc(Cl)nc(CN(C)C2CNC2)n1. The van der Waals surface area contributed by atoms with Crippen molar-refractivity contribution >= 4 is 11.6 Å². The molecule has 0 atom stereocenters. The van der Waals surface area contributed by atoms with Gasteiger partial charge in [-0.1, -0.05) is 11.6 Å². The molecule has 0 bridgehead atoms. The van der Waals surface area contributed by atoms with Crippen LogP contribution in [0.3, 0.4) is 0 Å². The van der Waals surface area contributed by atoms with Gasteiger partial charge in [-0.25, -0.2) is 9.97 Å². The lowest BCUT2D eigenvalue weighted by molar-refractivity contribution is 0.169. The topological polar surface area (TPSA) is 41.1 Å². The Balaban J connectivity index is 2.02. The highest BCUT2D eigenvalue weighted by atomic mass is 35.5. The number of rotatable bonds is 3. The fourth-order valence-electron chi connectivity index (χ4n) is 1.60. The van der Waals surface area contributed by atoms with Crippen LogP contribution in [-0.2, 0) is 6.54 Å². The standard InChI is InChI=1S/C10H15ClN4/c1-7-3-9(11)14-10(13-7)6-15(2)8-4-12-5-8/h3,8,12H,4-6H2,1-2H3. The van der Waals surface area contributed by atoms with Gasteiger partial charge in [0.05, 0.1) is 6.54 Å². The molecule has 0 unspecified atom stereocenters. The van der Waals surface area contributed by atoms with E-state index in [-0.39, 0.29) is 0 Å². The van der Waals surface area contributed by atoms with Crippen molar-refractivity contribution in [2.45, 2.75) is 19.5 Å². The van der Waals surface area contributed by atoms with Crippen LogP contribution in [0.4, 0.5) is 0 Å². The van der Waals surface area contributed by atoms with Crippen molar-refractivity contribution in [3.05, 3.63) is 22.7 Å². The zero-order valence-electron chi connectivity index (χ0n) is 9.00. The summed E-state index contributed by atoms with van der Waals surface area (Å²) in [5, 5.41) is 3.77. The molecule has 5 heteroatoms. The molecule has 1 aromatic heterocycles. The largest absolute Gasteiger partial charge is 0.314 e. The quantitative estimate of drug-likeness (QED) is 0.776. The fourth-order valence-corrected chi connectivity index (χ4v) is 1.85. The van der Waals surface area contributed by atoms with Crippen molar-refractivity contribution < 1.29 is 0 Å². The van der Waals surface area contributed by atoms with Crippen LogP contribution < -0.4 is 5.32 Å². The summed E-state index contributed by atoms with van der Waals surface area (Å²) in [7, 11) is 2.09. The average molecular weight is 227 g/mol. The molecule has 0 spiro atoms. The minimum absolute atomic E-state index is 0.526. The molecule has 4 nitrogen and oxygen atoms in total. The molecule has 1 aliphatic heterocycles. The third kappa shape index (κ3) is 2.65. The summed E-state index contributed by atoms with van der Waals surface area (Å²) in [6.45, 7) is 4.79. The summed E-state index contributed by atoms with van der Waals surface area (Å²) in [6, 6.07) is 2.38. The van der Waals surface area contributed by atoms with E-state index in [2.05, 4.69) is 27.2 Å². The van der Waals surface area contributed by atoms with E-state index in [0.717, 1.165) is 31.2 Å². The lowest BCUT2D eigenvalue weighted by Crippen LogP contribution is -2.55. The maximum absolute atomic E-state index is 5.88. The summed E-state index contributed by atoms with van der Waals surface area (Å²) in [5.74, 6) is 0.800. The summed E-state index contributed by atoms with van der Waals surface area (Å²) >= 11 is 5.88. The first-order chi connectivity index (χ1) is 7.15. The van der Waals surface area contributed by atoms with Gasteiger partial charge >= 0.3 is 0 Å². The van der Waals surface area contributed by atoms with Crippen LogP contribution in [0, 0.1) is 6.92 Å². The molecule has 1 aromatic rings. The summed E-state index contributed by atoms with van der Waals surface area (Å²) in [6.07, 6.45) is 0. The number of likely N-dealkylation sites (N-methyl/N-ethyl adjacent to an activating group) is 1. The van der Waals surface area contributed by atoms with Gasteiger partial charge < -0.3 is 5.32 Å². The number of aromatic nitrogens is 2. The van der Waals surface area contributed by atoms with Crippen LogP contribution in [-0.4, -0.2) is 41.0 Å². The average Bonchev–Trinajstić information content (AvgIpc) is 1.96. The first-order valence-electron chi connectivity index (χ1n) is 5.06. The van der Waals surface area contributed by atoms with Crippen LogP contribution >= 0.6 is 11.6 Å². The Labute approximate surface area is 94.7 Å². The summed E-state index contributed by atoms with van der Waals surface area (Å²) in [4.78, 5) is 10.8. The lowest BCUT2D eigenvalue weighted by atomic mass is 10.1. The number of nitrogens with one attached hydrogen (secondary N) is 1. The van der Waals surface area contributed by atoms with E-state index in [4.69, 9.17) is 11.6 Å². The zero-order chi connectivity index (χ0) is 10.8. The molecule has 1 N–H and O–H groups in total. The Morgan fingerprint density at radius 3 is 2.80 bits per heavy atom. The van der Waals surface area contributed by atoms with E-state index < -0.39 is 0 Å². The van der Waals surface area contributed by atoms with Gasteiger partial charge in [0.2, 0.25) is 0 Å². The Bertz CT molecular complexity index is 331. The lowest BCUT2D eigenvalue weighted by Gasteiger charge is -2.35. The van der Waals surface area contributed by atoms with Gasteiger partial charge in [0, 0.05) is 24.8 Å². The van der Waals surface area contributed by atoms with E-state index in [1.165, 1.54) is 0 Å². The highest BCUT2D eigenvalue weighted by Gasteiger charge is 2.21. The molecule has 15 heavy (non-hydrogen) atoms. The zero-order valence-corrected chi connectivity index (χ0v) is 9.75. The minimum atomic E-state index is 0.526. The second kappa shape index (κ2) is 4.43. The molecule has 1 fully saturated rings. The highest BCUT2D eigenvalue weighted by Crippen LogP contribution is 2.10. The molecule has 0 amide bonds. The number of halogens is 1. The predicted octanol–water partition coefficient (Wildman–Crippen LogP) is 0.842. The van der Waals surface area contributed by atoms with Crippen LogP contribution in [0.25, 0.3) is 0 Å². The first-order valence-corrected chi connectivity index (χ1v) is 5.44. The van der Waals surface area contributed by atoms with E-state index in [1.54, 1.807) is 6.07 Å². The van der Waals surface area contributed by atoms with E-state index >= 15 is 0 Å². The second-order valence-corrected chi connectivity index (χ2v) is 4.36. The molecule has 2 rings (SSSR count). The summed E-state index contributed by atoms with van der Waals surface area (Å²) in [5.41, 5.74) is 0.921. The van der Waals surface area contributed by atoms with Crippen LogP contribution in [0.5, 0.6) is 0 Å². The first kappa shape index (κ1) is 10.8. The Hall–Kier alpha value is -0.710. The number of aryl methyl sites for hydroxylation is 1. The normalized spacial score (nSPS) is 16.8. The number of hydrogen-bond donors (Lipinski definition) is 1. The van der Waals surface area contributed by atoms with Crippen LogP contribution in [0.1, 0.15) is 11.5 Å². The summed E-state index contributed by atoms with van der Waals surface area (Å²) < 4.78 is 0. The third-order valence-corrected chi connectivity index (χ3v) is 2.84. The van der Waals surface area contributed by atoms with Gasteiger partial charge in [-0.3, -0.25) is 4.90 Å². The van der Waals surface area contributed by atoms with Crippen molar-refractivity contribution in [3.8, 4) is 0 Å². The van der Waals surface area contributed by atoms with Crippen molar-refractivity contribution in [1.29, 1.82) is 0 Å². The molecule has 0 radical (unpaired) electrons. The molecule has 1 aliphatic rings. The van der Waals surface area contributed by atoms with E-state index in [0.29, 0.717) is 11.2 Å². The maximum Gasteiger partial charge on any atom is 0.144 e. The van der Waals surface area contributed by atoms with Gasteiger partial charge in [0.1, 0.15) is 11.0 Å². The Kier molecular flexibility index (Phi) is 3.19. The van der Waals surface area contributed by atoms with Crippen LogP contribution in [0.2, 0.25) is 5.15 Å². The molecule has 0 aliphatic carbocycles. The van der Waals surface area contributed by atoms with E-state index in [9.17, 15) is 0 Å². The number of hydrogen-bond acceptors (Lipinski definition) is 4. The van der Waals surface area contributed by atoms with Crippen molar-refractivity contribution in [3.63, 3.8) is 0 Å². The van der Waals surface area contributed by atoms with Gasteiger partial charge in [-0.15, -0.1) is 0 Å². The Morgan fingerprint density at radius 2 is 2.27 bits per heavy atom. The van der Waals surface area contributed by atoms with Crippen molar-refractivity contribution in [2.24, 2.45) is 0 Å². The molecule has 0 aromatic carbocycles. The molecule has 82 valence electrons. The van der Waals surface area contributed by atoms with Gasteiger partial charge in [-0.2, -0.15) is 0 Å². The second-order valence-electron chi connectivity index (χ2n) is 3.98. The monoisotopic (exact) mass is 226 g/mol. The molecule has 0 saturated carbocycles. The minimum Gasteiger partial charge on any atom is -0.314 e. The van der Waals surface area contributed by atoms with Crippen molar-refractivity contribution in [1.82, 2.24) is 20.2 Å². The third-order valence-electron chi connectivity index (χ3n) is 2.64. The van der Waals surface area contributed by atoms with Crippen molar-refractivity contribution in [2.75, 3.05) is 20.1 Å². The van der Waals surface area contributed by atoms with Gasteiger partial charge in [0.25, 0.3) is 0 Å². The fraction of sp³-hybridized carbons (Fsp3) is 0.600. The van der Waals surface area contributed by atoms with E-state index in [1.807, 2.05) is 6.92 Å². The van der Waals surface area contributed by atoms with Crippen LogP contribution in [0.15, 0.2) is 6.07 Å². The number of nitrogens with zero attached hydrogens (tertiary/aromatic N) is 3. The van der Waals surface area contributed by atoms with Gasteiger partial charge in [0.15, 0.2) is 0 Å². The maximum atomic E-state index is 5.88.